The number of nitrogens with zero attached hydrogens (tertiary/aromatic N) is 3. The number of urea groups is 1. The number of aryl methyl sites for hydroxylation is 1. The number of allylic oxidation sites excluding steroid dienone is 3. The molecule has 6 rings (SSSR count). The highest BCUT2D eigenvalue weighted by Gasteiger charge is 2.64. The molecular weight excluding hydrogens is 1170 g/mol. The van der Waals surface area contributed by atoms with Crippen molar-refractivity contribution in [3.8, 4) is 5.75 Å². The molecule has 2 aromatic rings. The Balaban J connectivity index is 1.14. The number of amides is 9. The Morgan fingerprint density at radius 1 is 0.966 bits per heavy atom. The van der Waals surface area contributed by atoms with Gasteiger partial charge < -0.3 is 65.5 Å². The summed E-state index contributed by atoms with van der Waals surface area (Å²) in [6, 6.07) is 2.99. The third kappa shape index (κ3) is 17.4. The number of hydrogen-bond donors (Lipinski definition) is 7. The van der Waals surface area contributed by atoms with Crippen molar-refractivity contribution in [2.24, 2.45) is 17.6 Å². The first-order chi connectivity index (χ1) is 41.4. The molecule has 4 aliphatic heterocycles. The lowest BCUT2D eigenvalue weighted by Gasteiger charge is -2.42. The number of unbranched alkanes of at least 4 members (excludes halogenated alkanes) is 1. The Labute approximate surface area is 515 Å². The fraction of sp³-hybridized carbons (Fsp3) is 0.557. The summed E-state index contributed by atoms with van der Waals surface area (Å²) in [7, 11) is 4.27. The highest BCUT2D eigenvalue weighted by molar-refractivity contribution is 6.34. The summed E-state index contributed by atoms with van der Waals surface area (Å²) in [5, 5.41) is 34.3. The molecule has 2 aromatic carbocycles. The summed E-state index contributed by atoms with van der Waals surface area (Å²) in [4.78, 5) is 151. The molecular formula is C61H81ClN8O18. The number of aliphatic hydroxyl groups is 1. The molecule has 480 valence electrons. The number of benzene rings is 2. The molecule has 0 radical (unpaired) electrons. The first-order valence-corrected chi connectivity index (χ1v) is 29.6. The van der Waals surface area contributed by atoms with Gasteiger partial charge in [0.25, 0.3) is 17.7 Å². The smallest absolute Gasteiger partial charge is 0.409 e. The molecule has 27 heteroatoms. The number of imide groups is 1. The maximum absolute atomic E-state index is 14.5. The van der Waals surface area contributed by atoms with Crippen LogP contribution in [0.4, 0.5) is 15.3 Å². The van der Waals surface area contributed by atoms with E-state index in [4.69, 9.17) is 41.1 Å². The van der Waals surface area contributed by atoms with Crippen molar-refractivity contribution < 1.29 is 86.7 Å². The number of anilines is 1. The van der Waals surface area contributed by atoms with Crippen molar-refractivity contribution in [3.63, 3.8) is 0 Å². The van der Waals surface area contributed by atoms with Crippen LogP contribution >= 0.6 is 11.6 Å². The average molecular weight is 1250 g/mol. The lowest BCUT2D eigenvalue weighted by molar-refractivity contribution is -0.197. The maximum Gasteiger partial charge on any atom is 0.409 e. The van der Waals surface area contributed by atoms with Gasteiger partial charge >= 0.3 is 24.1 Å². The Kier molecular flexibility index (Phi) is 23.5. The van der Waals surface area contributed by atoms with Crippen LogP contribution < -0.4 is 31.9 Å². The van der Waals surface area contributed by atoms with E-state index in [0.717, 1.165) is 22.1 Å². The molecule has 3 fully saturated rings. The SMILES string of the molecule is CO[C@@H]1/C=C/C=C(\C)Cc2cc(C)c(Cl)c(c2)N(C)C(=O)C[C@H](OC(=O)[C@H](C)N(C)C(=O)c2ccc(CC(=O)[C@H](CCCNC(N)=O)NC(=O)[C@@H](NC(=O)CCCCC(=O)ON3C(=O)CCC3=O)C(C)C)c(O)c2)[C@]2(C)O[C@H]2[C@H](C)[C@@H]2C[C@@]1(O)NC(=O)O2. The molecule has 4 bridgehead atoms. The van der Waals surface area contributed by atoms with Gasteiger partial charge in [0.15, 0.2) is 11.5 Å². The van der Waals surface area contributed by atoms with E-state index in [2.05, 4.69) is 21.3 Å². The van der Waals surface area contributed by atoms with Crippen LogP contribution in [0.3, 0.4) is 0 Å². The molecule has 10 atom stereocenters. The monoisotopic (exact) mass is 1250 g/mol. The van der Waals surface area contributed by atoms with E-state index in [9.17, 15) is 63.0 Å². The quantitative estimate of drug-likeness (QED) is 0.0376. The zero-order chi connectivity index (χ0) is 65.1. The molecule has 0 unspecified atom stereocenters. The van der Waals surface area contributed by atoms with E-state index < -0.39 is 150 Å². The number of esters is 1. The fourth-order valence-corrected chi connectivity index (χ4v) is 11.0. The first kappa shape index (κ1) is 69.2. The minimum Gasteiger partial charge on any atom is -0.508 e. The van der Waals surface area contributed by atoms with E-state index in [1.165, 1.54) is 38.1 Å². The second kappa shape index (κ2) is 29.8. The predicted octanol–water partition coefficient (Wildman–Crippen LogP) is 4.19. The topological polar surface area (TPSA) is 362 Å². The second-order valence-corrected chi connectivity index (χ2v) is 23.8. The predicted molar refractivity (Wildman–Crippen MR) is 316 cm³/mol. The van der Waals surface area contributed by atoms with Crippen molar-refractivity contribution in [2.75, 3.05) is 32.6 Å². The van der Waals surface area contributed by atoms with Gasteiger partial charge in [0.05, 0.1) is 29.3 Å². The molecule has 0 aromatic heterocycles. The molecule has 26 nitrogen and oxygen atoms in total. The van der Waals surface area contributed by atoms with Crippen molar-refractivity contribution in [1.29, 1.82) is 0 Å². The number of methoxy groups -OCH3 is 1. The highest BCUT2D eigenvalue weighted by atomic mass is 35.5. The Hall–Kier alpha value is -7.94. The van der Waals surface area contributed by atoms with E-state index in [1.54, 1.807) is 53.0 Å². The number of ketones is 1. The van der Waals surface area contributed by atoms with Crippen LogP contribution in [-0.4, -0.2) is 167 Å². The number of primary amides is 1. The molecule has 4 heterocycles. The van der Waals surface area contributed by atoms with Crippen molar-refractivity contribution >= 4 is 82.6 Å². The van der Waals surface area contributed by atoms with Gasteiger partial charge in [0.2, 0.25) is 17.7 Å². The normalized spacial score (nSPS) is 24.9. The number of nitrogens with one attached hydrogen (secondary N) is 4. The summed E-state index contributed by atoms with van der Waals surface area (Å²) in [5.74, 6) is -7.70. The number of ether oxygens (including phenoxy) is 4. The van der Waals surface area contributed by atoms with E-state index in [0.29, 0.717) is 27.8 Å². The van der Waals surface area contributed by atoms with Crippen LogP contribution in [0.2, 0.25) is 5.02 Å². The molecule has 0 saturated carbocycles. The number of hydrogen-bond acceptors (Lipinski definition) is 18. The number of fused-ring (bicyclic) bond motifs is 5. The fourth-order valence-electron chi connectivity index (χ4n) is 10.8. The lowest BCUT2D eigenvalue weighted by Crippen LogP contribution is -2.63. The number of likely N-dealkylation sites (N-methyl/N-ethyl adjacent to an activating group) is 1. The Morgan fingerprint density at radius 2 is 1.65 bits per heavy atom. The average Bonchev–Trinajstić information content (AvgIpc) is 1.66. The molecule has 9 amide bonds. The van der Waals surface area contributed by atoms with Gasteiger partial charge in [-0.25, -0.2) is 19.2 Å². The standard InChI is InChI=1S/C61H81ClN8O18/c1-32(2)53(66-47(73)18-11-12-19-51(77)88-70-48(74)22-23-49(70)75)55(78)65-40(16-14-24-64-58(63)81)43(72)28-38-20-21-39(29-42(38)71)56(79)68(8)36(6)57(80)86-46-30-50(76)69(9)41-27-37(26-34(4)52(41)62)25-33(3)15-13-17-45(84-10)61(83)31-44(85-59(82)67-61)35(5)54-60(46,7)87-54/h13,15,17,20-21,26-27,29,32,35-36,40,44-46,53-54,71,83H,11-12,14,16,18-19,22-25,28,30-31H2,1-10H3,(H,65,78)(H,66,73)(H,67,82)(H3,63,64,81)/b17-13+,33-15+/t35-,36+,40+,44+,45-,46+,53+,54+,60+,61+/m1/s1. The molecule has 0 spiro atoms. The van der Waals surface area contributed by atoms with Crippen LogP contribution in [0.25, 0.3) is 0 Å². The molecule has 0 aliphatic carbocycles. The summed E-state index contributed by atoms with van der Waals surface area (Å²) in [6.07, 6.45) is -0.283. The summed E-state index contributed by atoms with van der Waals surface area (Å²) >= 11 is 6.85. The minimum absolute atomic E-state index is 0.00788. The van der Waals surface area contributed by atoms with Gasteiger partial charge in [0, 0.05) is 83.3 Å². The maximum atomic E-state index is 14.5. The molecule has 8 N–H and O–H groups in total. The van der Waals surface area contributed by atoms with Crippen LogP contribution in [0.5, 0.6) is 5.75 Å². The van der Waals surface area contributed by atoms with Gasteiger partial charge in [-0.2, -0.15) is 0 Å². The zero-order valence-corrected chi connectivity index (χ0v) is 52.0. The molecule has 88 heavy (non-hydrogen) atoms. The minimum atomic E-state index is -1.92. The lowest BCUT2D eigenvalue weighted by atomic mass is 9.83. The Morgan fingerprint density at radius 3 is 2.30 bits per heavy atom. The van der Waals surface area contributed by atoms with E-state index in [1.807, 2.05) is 26.0 Å². The van der Waals surface area contributed by atoms with E-state index in [-0.39, 0.29) is 75.5 Å². The van der Waals surface area contributed by atoms with Crippen molar-refractivity contribution in [3.05, 3.63) is 81.4 Å². The second-order valence-electron chi connectivity index (χ2n) is 23.5. The molecule has 4 aliphatic rings. The number of aromatic hydroxyl groups is 1. The third-order valence-corrected chi connectivity index (χ3v) is 16.8. The summed E-state index contributed by atoms with van der Waals surface area (Å²) in [5.41, 5.74) is 4.74. The Bertz CT molecular complexity index is 3080. The number of phenolic OH excluding ortho intramolecular Hbond substituents is 1. The third-order valence-electron chi connectivity index (χ3n) is 16.3. The number of carbonyl (C=O) groups excluding carboxylic acids is 11. The van der Waals surface area contributed by atoms with Gasteiger partial charge in [-0.15, -0.1) is 5.06 Å². The summed E-state index contributed by atoms with van der Waals surface area (Å²) < 4.78 is 23.9. The van der Waals surface area contributed by atoms with Crippen LogP contribution in [-0.2, 0) is 75.0 Å². The highest BCUT2D eigenvalue weighted by Crippen LogP contribution is 2.49. The molecule has 3 saturated heterocycles. The number of rotatable bonds is 22. The van der Waals surface area contributed by atoms with Crippen molar-refractivity contribution in [1.82, 2.24) is 31.2 Å². The largest absolute Gasteiger partial charge is 0.508 e. The number of alkyl carbamates (subject to hydrolysis) is 1. The van der Waals surface area contributed by atoms with Crippen LogP contribution in [0.1, 0.15) is 133 Å². The number of halogens is 1. The summed E-state index contributed by atoms with van der Waals surface area (Å²) in [6.45, 7) is 11.9. The van der Waals surface area contributed by atoms with Crippen molar-refractivity contribution in [2.45, 2.75) is 179 Å². The number of Topliss-reactive ketones (excluding diaryl/α,β-unsaturated/α-hetero) is 1. The van der Waals surface area contributed by atoms with Gasteiger partial charge in [-0.1, -0.05) is 68.3 Å². The number of carbonyl (C=O) groups is 11. The number of phenols is 1. The van der Waals surface area contributed by atoms with Gasteiger partial charge in [0.1, 0.15) is 41.7 Å². The van der Waals surface area contributed by atoms with E-state index >= 15 is 0 Å². The number of hydroxylamine groups is 2. The van der Waals surface area contributed by atoms with Gasteiger partial charge in [-0.05, 0) is 95.0 Å². The number of nitrogens with two attached hydrogens (primary N) is 1. The first-order valence-electron chi connectivity index (χ1n) is 29.2. The zero-order valence-electron chi connectivity index (χ0n) is 51.2. The van der Waals surface area contributed by atoms with Gasteiger partial charge in [-0.3, -0.25) is 38.9 Å². The van der Waals surface area contributed by atoms with Crippen LogP contribution in [0.15, 0.2) is 54.1 Å². The van der Waals surface area contributed by atoms with Crippen LogP contribution in [0, 0.1) is 18.8 Å². The number of epoxide rings is 1.